The summed E-state index contributed by atoms with van der Waals surface area (Å²) >= 11 is 0. The molecule has 0 unspecified atom stereocenters. The van der Waals surface area contributed by atoms with Crippen molar-refractivity contribution in [2.24, 2.45) is 0 Å². The maximum absolute atomic E-state index is 11.1. The summed E-state index contributed by atoms with van der Waals surface area (Å²) in [7, 11) is 0. The second-order valence-corrected chi connectivity index (χ2v) is 4.79. The number of benzene rings is 2. The van der Waals surface area contributed by atoms with Gasteiger partial charge in [-0.25, -0.2) is 9.78 Å². The van der Waals surface area contributed by atoms with Crippen molar-refractivity contribution in [2.45, 2.75) is 0 Å². The molecule has 1 aromatic heterocycles. The van der Waals surface area contributed by atoms with Crippen LogP contribution < -0.4 is 10.1 Å². The zero-order valence-corrected chi connectivity index (χ0v) is 12.2. The number of nitrogens with one attached hydrogen (secondary N) is 1. The van der Waals surface area contributed by atoms with Crippen molar-refractivity contribution in [3.8, 4) is 11.5 Å². The molecule has 0 bridgehead atoms. The molecule has 1 heterocycles. The number of nitro groups is 1. The molecule has 24 heavy (non-hydrogen) atoms. The second-order valence-electron chi connectivity index (χ2n) is 4.79. The first-order valence-electron chi connectivity index (χ1n) is 6.84. The maximum atomic E-state index is 11.1. The molecular weight excluding hydrogens is 314 g/mol. The van der Waals surface area contributed by atoms with Gasteiger partial charge in [-0.2, -0.15) is 0 Å². The summed E-state index contributed by atoms with van der Waals surface area (Å²) in [6, 6.07) is 12.7. The molecule has 120 valence electrons. The highest BCUT2D eigenvalue weighted by molar-refractivity contribution is 5.95. The van der Waals surface area contributed by atoms with Crippen LogP contribution in [-0.4, -0.2) is 21.1 Å². The number of nitrogens with zero attached hydrogens (tertiary/aromatic N) is 2. The van der Waals surface area contributed by atoms with E-state index in [9.17, 15) is 14.9 Å². The summed E-state index contributed by atoms with van der Waals surface area (Å²) in [5, 5.41) is 23.0. The van der Waals surface area contributed by atoms with Crippen molar-refractivity contribution in [1.29, 1.82) is 0 Å². The minimum atomic E-state index is -1.24. The van der Waals surface area contributed by atoms with E-state index in [-0.39, 0.29) is 11.5 Å². The zero-order valence-electron chi connectivity index (χ0n) is 12.2. The largest absolute Gasteiger partial charge is 0.465 e. The van der Waals surface area contributed by atoms with Crippen LogP contribution >= 0.6 is 0 Å². The van der Waals surface area contributed by atoms with E-state index < -0.39 is 11.0 Å². The molecule has 2 N–H and O–H groups in total. The molecule has 2 aromatic carbocycles. The van der Waals surface area contributed by atoms with Gasteiger partial charge in [-0.05, 0) is 18.2 Å². The van der Waals surface area contributed by atoms with E-state index in [4.69, 9.17) is 9.84 Å². The van der Waals surface area contributed by atoms with Crippen LogP contribution in [0, 0.1) is 10.1 Å². The van der Waals surface area contributed by atoms with Gasteiger partial charge < -0.3 is 9.84 Å². The highest BCUT2D eigenvalue weighted by Gasteiger charge is 2.15. The van der Waals surface area contributed by atoms with Crippen molar-refractivity contribution < 1.29 is 19.6 Å². The van der Waals surface area contributed by atoms with E-state index in [1.165, 1.54) is 24.4 Å². The topological polar surface area (TPSA) is 115 Å². The lowest BCUT2D eigenvalue weighted by Gasteiger charge is -2.10. The van der Waals surface area contributed by atoms with Gasteiger partial charge in [-0.3, -0.25) is 15.4 Å². The number of nitro benzene ring substituents is 1. The van der Waals surface area contributed by atoms with Gasteiger partial charge in [-0.1, -0.05) is 18.2 Å². The van der Waals surface area contributed by atoms with Crippen LogP contribution in [0.4, 0.5) is 16.3 Å². The number of non-ortho nitro benzene ring substituents is 1. The van der Waals surface area contributed by atoms with Crippen LogP contribution in [0.2, 0.25) is 0 Å². The Hall–Kier alpha value is -3.68. The first-order chi connectivity index (χ1) is 11.5. The van der Waals surface area contributed by atoms with Crippen molar-refractivity contribution in [3.63, 3.8) is 0 Å². The average Bonchev–Trinajstić information content (AvgIpc) is 2.54. The molecule has 0 spiro atoms. The molecule has 0 radical (unpaired) electrons. The number of amides is 1. The Kier molecular flexibility index (Phi) is 3.94. The summed E-state index contributed by atoms with van der Waals surface area (Å²) in [6.07, 6.45) is 0.161. The monoisotopic (exact) mass is 325 g/mol. The zero-order chi connectivity index (χ0) is 17.1. The Bertz CT molecular complexity index is 942. The first-order valence-corrected chi connectivity index (χ1v) is 6.84. The Balaban J connectivity index is 2.01. The Morgan fingerprint density at radius 2 is 1.92 bits per heavy atom. The standard InChI is InChI=1S/C16H11N3O5/c20-16(21)18-15-9-10(7-8-17-15)24-14-6-5-13(19(22)23)11-3-1-2-4-12(11)14/h1-9H,(H,17,18)(H,20,21). The summed E-state index contributed by atoms with van der Waals surface area (Å²) in [5.74, 6) is 0.891. The molecule has 0 atom stereocenters. The molecular formula is C16H11N3O5. The lowest BCUT2D eigenvalue weighted by atomic mass is 10.1. The molecule has 0 fully saturated rings. The number of hydrogen-bond acceptors (Lipinski definition) is 5. The van der Waals surface area contributed by atoms with Gasteiger partial charge in [0.1, 0.15) is 17.3 Å². The quantitative estimate of drug-likeness (QED) is 0.553. The maximum Gasteiger partial charge on any atom is 0.410 e. The number of fused-ring (bicyclic) bond motifs is 1. The van der Waals surface area contributed by atoms with Crippen LogP contribution in [0.1, 0.15) is 0 Å². The Labute approximate surface area is 135 Å². The summed E-state index contributed by atoms with van der Waals surface area (Å²) in [5.41, 5.74) is -0.0130. The molecule has 3 rings (SSSR count). The van der Waals surface area contributed by atoms with Crippen LogP contribution in [-0.2, 0) is 0 Å². The SMILES string of the molecule is O=C(O)Nc1cc(Oc2ccc([N+](=O)[O-])c3ccccc23)ccn1. The Morgan fingerprint density at radius 1 is 1.17 bits per heavy atom. The lowest BCUT2D eigenvalue weighted by molar-refractivity contribution is -0.383. The van der Waals surface area contributed by atoms with Crippen molar-refractivity contribution >= 4 is 28.4 Å². The molecule has 8 nitrogen and oxygen atoms in total. The first kappa shape index (κ1) is 15.2. The van der Waals surface area contributed by atoms with E-state index in [0.29, 0.717) is 22.3 Å². The number of carbonyl (C=O) groups is 1. The fourth-order valence-electron chi connectivity index (χ4n) is 2.28. The fourth-order valence-corrected chi connectivity index (χ4v) is 2.28. The highest BCUT2D eigenvalue weighted by atomic mass is 16.6. The number of hydrogen-bond donors (Lipinski definition) is 2. The van der Waals surface area contributed by atoms with Gasteiger partial charge in [0, 0.05) is 23.7 Å². The number of pyridine rings is 1. The van der Waals surface area contributed by atoms with Gasteiger partial charge in [-0.15, -0.1) is 0 Å². The molecule has 0 aliphatic carbocycles. The normalized spacial score (nSPS) is 10.3. The number of carboxylic acid groups (broad SMARTS) is 1. The predicted molar refractivity (Wildman–Crippen MR) is 86.6 cm³/mol. The number of aromatic nitrogens is 1. The molecule has 0 saturated carbocycles. The van der Waals surface area contributed by atoms with E-state index in [1.807, 2.05) is 0 Å². The van der Waals surface area contributed by atoms with Gasteiger partial charge in [0.25, 0.3) is 5.69 Å². The van der Waals surface area contributed by atoms with Gasteiger partial charge in [0.05, 0.1) is 10.3 Å². The third-order valence-corrected chi connectivity index (χ3v) is 3.25. The van der Waals surface area contributed by atoms with Crippen LogP contribution in [0.25, 0.3) is 10.8 Å². The van der Waals surface area contributed by atoms with Gasteiger partial charge in [0.15, 0.2) is 0 Å². The van der Waals surface area contributed by atoms with Crippen molar-refractivity contribution in [2.75, 3.05) is 5.32 Å². The number of ether oxygens (including phenoxy) is 1. The van der Waals surface area contributed by atoms with Crippen molar-refractivity contribution in [3.05, 3.63) is 64.8 Å². The Morgan fingerprint density at radius 3 is 2.62 bits per heavy atom. The van der Waals surface area contributed by atoms with E-state index in [0.717, 1.165) is 0 Å². The average molecular weight is 325 g/mol. The lowest BCUT2D eigenvalue weighted by Crippen LogP contribution is -2.08. The highest BCUT2D eigenvalue weighted by Crippen LogP contribution is 2.35. The predicted octanol–water partition coefficient (Wildman–Crippen LogP) is 4.03. The molecule has 0 aliphatic rings. The van der Waals surface area contributed by atoms with Crippen molar-refractivity contribution in [1.82, 2.24) is 4.98 Å². The van der Waals surface area contributed by atoms with Gasteiger partial charge in [0.2, 0.25) is 0 Å². The van der Waals surface area contributed by atoms with E-state index in [2.05, 4.69) is 10.3 Å². The molecule has 0 saturated heterocycles. The third kappa shape index (κ3) is 3.07. The molecule has 3 aromatic rings. The number of rotatable bonds is 4. The molecule has 8 heteroatoms. The summed E-state index contributed by atoms with van der Waals surface area (Å²) in [4.78, 5) is 25.2. The van der Waals surface area contributed by atoms with Crippen LogP contribution in [0.5, 0.6) is 11.5 Å². The van der Waals surface area contributed by atoms with Crippen LogP contribution in [0.3, 0.4) is 0 Å². The second kappa shape index (κ2) is 6.21. The molecule has 1 amide bonds. The fraction of sp³-hybridized carbons (Fsp3) is 0. The summed E-state index contributed by atoms with van der Waals surface area (Å²) < 4.78 is 5.75. The minimum absolute atomic E-state index is 0.0130. The van der Waals surface area contributed by atoms with Crippen LogP contribution in [0.15, 0.2) is 54.7 Å². The van der Waals surface area contributed by atoms with E-state index >= 15 is 0 Å². The molecule has 0 aliphatic heterocycles. The van der Waals surface area contributed by atoms with E-state index in [1.54, 1.807) is 30.3 Å². The summed E-state index contributed by atoms with van der Waals surface area (Å²) in [6.45, 7) is 0. The smallest absolute Gasteiger partial charge is 0.410 e. The van der Waals surface area contributed by atoms with Gasteiger partial charge >= 0.3 is 6.09 Å². The third-order valence-electron chi connectivity index (χ3n) is 3.25. The number of anilines is 1. The minimum Gasteiger partial charge on any atom is -0.465 e.